The van der Waals surface area contributed by atoms with Gasteiger partial charge in [-0.25, -0.2) is 0 Å². The summed E-state index contributed by atoms with van der Waals surface area (Å²) in [6.45, 7) is 0.335. The maximum absolute atomic E-state index is 13.4. The van der Waals surface area contributed by atoms with Crippen molar-refractivity contribution in [1.82, 2.24) is 15.1 Å². The summed E-state index contributed by atoms with van der Waals surface area (Å²) in [6.07, 6.45) is 7.27. The van der Waals surface area contributed by atoms with Crippen LogP contribution in [-0.2, 0) is 23.2 Å². The molecule has 0 aliphatic carbocycles. The van der Waals surface area contributed by atoms with Crippen LogP contribution in [0.15, 0.2) is 85.1 Å². The molecule has 3 aromatic carbocycles. The summed E-state index contributed by atoms with van der Waals surface area (Å²) in [4.78, 5) is 27.8. The summed E-state index contributed by atoms with van der Waals surface area (Å²) in [5.74, 6) is 1.26. The molecule has 0 fully saturated rings. The number of fused-ring (bicyclic) bond motifs is 1. The first-order chi connectivity index (χ1) is 15.6. The van der Waals surface area contributed by atoms with E-state index in [1.165, 1.54) is 4.90 Å². The van der Waals surface area contributed by atoms with E-state index in [0.717, 1.165) is 16.5 Å². The van der Waals surface area contributed by atoms with E-state index in [2.05, 4.69) is 16.3 Å². The molecule has 0 aliphatic heterocycles. The molecule has 6 heteroatoms. The number of carbonyl (C=O) groups is 2. The Balaban J connectivity index is 1.76. The maximum atomic E-state index is 13.4. The SMILES string of the molecule is C#CC(=O)N(c1ccc2cnn(C)c2c1)C(C(=O)NCc1ccccc1)c1ccccc1. The lowest BCUT2D eigenvalue weighted by Gasteiger charge is -2.30. The average molecular weight is 422 g/mol. The Hall–Kier alpha value is -4.37. The second-order valence-electron chi connectivity index (χ2n) is 7.35. The zero-order valence-corrected chi connectivity index (χ0v) is 17.6. The minimum atomic E-state index is -0.936. The van der Waals surface area contributed by atoms with Crippen molar-refractivity contribution < 1.29 is 9.59 Å². The lowest BCUT2D eigenvalue weighted by atomic mass is 10.0. The van der Waals surface area contributed by atoms with Gasteiger partial charge in [0.05, 0.1) is 11.7 Å². The molecule has 0 spiro atoms. The van der Waals surface area contributed by atoms with Crippen molar-refractivity contribution in [2.75, 3.05) is 4.90 Å². The summed E-state index contributed by atoms with van der Waals surface area (Å²) in [7, 11) is 1.82. The summed E-state index contributed by atoms with van der Waals surface area (Å²) in [5, 5.41) is 8.13. The number of aromatic nitrogens is 2. The molecule has 4 rings (SSSR count). The zero-order valence-electron chi connectivity index (χ0n) is 17.6. The molecule has 0 bridgehead atoms. The van der Waals surface area contributed by atoms with Crippen LogP contribution < -0.4 is 10.2 Å². The van der Waals surface area contributed by atoms with Crippen LogP contribution in [0.3, 0.4) is 0 Å². The summed E-state index contributed by atoms with van der Waals surface area (Å²) >= 11 is 0. The van der Waals surface area contributed by atoms with Crippen LogP contribution >= 0.6 is 0 Å². The Morgan fingerprint density at radius 3 is 2.44 bits per heavy atom. The molecule has 158 valence electrons. The van der Waals surface area contributed by atoms with E-state index in [4.69, 9.17) is 6.42 Å². The van der Waals surface area contributed by atoms with Gasteiger partial charge in [0.2, 0.25) is 5.91 Å². The minimum Gasteiger partial charge on any atom is -0.350 e. The number of anilines is 1. The first-order valence-electron chi connectivity index (χ1n) is 10.2. The largest absolute Gasteiger partial charge is 0.350 e. The zero-order chi connectivity index (χ0) is 22.5. The molecule has 6 nitrogen and oxygen atoms in total. The molecule has 1 N–H and O–H groups in total. The fourth-order valence-corrected chi connectivity index (χ4v) is 3.67. The molecular weight excluding hydrogens is 400 g/mol. The molecule has 0 saturated carbocycles. The first kappa shape index (κ1) is 20.9. The molecule has 0 saturated heterocycles. The molecule has 0 aliphatic rings. The topological polar surface area (TPSA) is 67.2 Å². The fourth-order valence-electron chi connectivity index (χ4n) is 3.67. The normalized spacial score (nSPS) is 11.5. The number of rotatable bonds is 6. The molecular formula is C26H22N4O2. The Morgan fingerprint density at radius 2 is 1.75 bits per heavy atom. The van der Waals surface area contributed by atoms with Gasteiger partial charge in [0, 0.05) is 24.7 Å². The number of nitrogens with one attached hydrogen (secondary N) is 1. The molecule has 1 atom stereocenters. The highest BCUT2D eigenvalue weighted by atomic mass is 16.2. The van der Waals surface area contributed by atoms with Crippen molar-refractivity contribution in [2.45, 2.75) is 12.6 Å². The van der Waals surface area contributed by atoms with Crippen molar-refractivity contribution in [3.8, 4) is 12.3 Å². The van der Waals surface area contributed by atoms with Crippen molar-refractivity contribution >= 4 is 28.4 Å². The van der Waals surface area contributed by atoms with Crippen molar-refractivity contribution in [3.63, 3.8) is 0 Å². The van der Waals surface area contributed by atoms with Gasteiger partial charge in [-0.15, -0.1) is 6.42 Å². The van der Waals surface area contributed by atoms with E-state index in [-0.39, 0.29) is 5.91 Å². The summed E-state index contributed by atoms with van der Waals surface area (Å²) in [6, 6.07) is 23.3. The fraction of sp³-hybridized carbons (Fsp3) is 0.115. The first-order valence-corrected chi connectivity index (χ1v) is 10.2. The van der Waals surface area contributed by atoms with Crippen LogP contribution in [0.2, 0.25) is 0 Å². The van der Waals surface area contributed by atoms with Gasteiger partial charge in [-0.1, -0.05) is 60.7 Å². The van der Waals surface area contributed by atoms with Gasteiger partial charge in [-0.05, 0) is 35.2 Å². The van der Waals surface area contributed by atoms with Crippen molar-refractivity contribution in [1.29, 1.82) is 0 Å². The minimum absolute atomic E-state index is 0.325. The van der Waals surface area contributed by atoms with Crippen LogP contribution in [0.1, 0.15) is 17.2 Å². The Morgan fingerprint density at radius 1 is 1.06 bits per heavy atom. The average Bonchev–Trinajstić information content (AvgIpc) is 3.21. The second-order valence-corrected chi connectivity index (χ2v) is 7.35. The van der Waals surface area contributed by atoms with E-state index in [1.807, 2.05) is 79.8 Å². The van der Waals surface area contributed by atoms with Gasteiger partial charge >= 0.3 is 5.91 Å². The Labute approximate surface area is 186 Å². The molecule has 4 aromatic rings. The highest BCUT2D eigenvalue weighted by Crippen LogP contribution is 2.30. The van der Waals surface area contributed by atoms with Gasteiger partial charge in [0.1, 0.15) is 6.04 Å². The number of benzene rings is 3. The van der Waals surface area contributed by atoms with E-state index in [9.17, 15) is 9.59 Å². The van der Waals surface area contributed by atoms with Crippen LogP contribution in [0, 0.1) is 12.3 Å². The van der Waals surface area contributed by atoms with Crippen LogP contribution in [0.5, 0.6) is 0 Å². The highest BCUT2D eigenvalue weighted by molar-refractivity contribution is 6.10. The predicted molar refractivity (Wildman–Crippen MR) is 125 cm³/mol. The van der Waals surface area contributed by atoms with Gasteiger partial charge in [0.25, 0.3) is 0 Å². The molecule has 2 amide bonds. The highest BCUT2D eigenvalue weighted by Gasteiger charge is 2.32. The number of terminal acetylenes is 1. The molecule has 0 radical (unpaired) electrons. The number of nitrogens with zero attached hydrogens (tertiary/aromatic N) is 3. The van der Waals surface area contributed by atoms with Crippen molar-refractivity contribution in [3.05, 3.63) is 96.2 Å². The summed E-state index contributed by atoms with van der Waals surface area (Å²) < 4.78 is 1.71. The van der Waals surface area contributed by atoms with Gasteiger partial charge in [-0.3, -0.25) is 19.2 Å². The van der Waals surface area contributed by atoms with Gasteiger partial charge in [-0.2, -0.15) is 5.10 Å². The summed E-state index contributed by atoms with van der Waals surface area (Å²) in [5.41, 5.74) is 2.96. The van der Waals surface area contributed by atoms with Crippen molar-refractivity contribution in [2.24, 2.45) is 7.05 Å². The van der Waals surface area contributed by atoms with E-state index >= 15 is 0 Å². The lowest BCUT2D eigenvalue weighted by Crippen LogP contribution is -2.43. The standard InChI is InChI=1S/C26H22N4O2/c1-3-24(31)30(22-15-14-21-18-28-29(2)23(21)16-22)25(20-12-8-5-9-13-20)26(32)27-17-19-10-6-4-7-11-19/h1,4-16,18,25H,17H2,2H3,(H,27,32). The Bertz CT molecular complexity index is 1290. The number of hydrogen-bond acceptors (Lipinski definition) is 3. The van der Waals surface area contributed by atoms with E-state index < -0.39 is 11.9 Å². The van der Waals surface area contributed by atoms with Crippen LogP contribution in [-0.4, -0.2) is 21.6 Å². The van der Waals surface area contributed by atoms with Crippen LogP contribution in [0.25, 0.3) is 10.9 Å². The monoisotopic (exact) mass is 422 g/mol. The maximum Gasteiger partial charge on any atom is 0.303 e. The van der Waals surface area contributed by atoms with E-state index in [0.29, 0.717) is 17.8 Å². The Kier molecular flexibility index (Phi) is 6.00. The number of amides is 2. The molecule has 1 aromatic heterocycles. The molecule has 1 heterocycles. The molecule has 1 unspecified atom stereocenters. The third-order valence-corrected chi connectivity index (χ3v) is 5.28. The molecule has 32 heavy (non-hydrogen) atoms. The quantitative estimate of drug-likeness (QED) is 0.483. The number of aryl methyl sites for hydroxylation is 1. The second kappa shape index (κ2) is 9.19. The third kappa shape index (κ3) is 4.23. The van der Waals surface area contributed by atoms with Gasteiger partial charge < -0.3 is 5.32 Å². The number of carbonyl (C=O) groups excluding carboxylic acids is 2. The smallest absolute Gasteiger partial charge is 0.303 e. The third-order valence-electron chi connectivity index (χ3n) is 5.28. The van der Waals surface area contributed by atoms with E-state index in [1.54, 1.807) is 16.9 Å². The predicted octanol–water partition coefficient (Wildman–Crippen LogP) is 3.60. The lowest BCUT2D eigenvalue weighted by molar-refractivity contribution is -0.125. The van der Waals surface area contributed by atoms with Gasteiger partial charge in [0.15, 0.2) is 0 Å². The van der Waals surface area contributed by atoms with Crippen LogP contribution in [0.4, 0.5) is 5.69 Å². The number of hydrogen-bond donors (Lipinski definition) is 1.